The Labute approximate surface area is 118 Å². The van der Waals surface area contributed by atoms with E-state index in [-0.39, 0.29) is 0 Å². The van der Waals surface area contributed by atoms with Gasteiger partial charge in [0, 0.05) is 31.5 Å². The van der Waals surface area contributed by atoms with Crippen molar-refractivity contribution in [2.24, 2.45) is 5.41 Å². The first-order valence-electron chi connectivity index (χ1n) is 6.95. The van der Waals surface area contributed by atoms with Crippen molar-refractivity contribution >= 4 is 11.8 Å². The van der Waals surface area contributed by atoms with E-state index in [2.05, 4.69) is 15.3 Å². The summed E-state index contributed by atoms with van der Waals surface area (Å²) in [4.78, 5) is 20.2. The number of ether oxygens (including phenoxy) is 1. The van der Waals surface area contributed by atoms with Crippen LogP contribution in [0.15, 0.2) is 6.07 Å². The Kier molecular flexibility index (Phi) is 4.54. The number of rotatable bonds is 5. The Morgan fingerprint density at radius 1 is 1.45 bits per heavy atom. The lowest BCUT2D eigenvalue weighted by atomic mass is 9.80. The van der Waals surface area contributed by atoms with Crippen LogP contribution in [-0.2, 0) is 16.0 Å². The molecule has 110 valence electrons. The van der Waals surface area contributed by atoms with Crippen molar-refractivity contribution in [2.75, 3.05) is 25.1 Å². The molecule has 1 saturated heterocycles. The maximum Gasteiger partial charge on any atom is 0.311 e. The average molecular weight is 279 g/mol. The molecule has 2 N–H and O–H groups in total. The van der Waals surface area contributed by atoms with Crippen molar-refractivity contribution in [1.82, 2.24) is 9.97 Å². The summed E-state index contributed by atoms with van der Waals surface area (Å²) in [5.41, 5.74) is 0.195. The number of carboxylic acid groups (broad SMARTS) is 1. The Hall–Kier alpha value is -1.69. The van der Waals surface area contributed by atoms with Crippen LogP contribution in [-0.4, -0.2) is 40.8 Å². The van der Waals surface area contributed by atoms with Gasteiger partial charge in [0.05, 0.1) is 5.41 Å². The van der Waals surface area contributed by atoms with Crippen LogP contribution in [0, 0.1) is 12.3 Å². The molecular weight excluding hydrogens is 258 g/mol. The number of carboxylic acids is 1. The monoisotopic (exact) mass is 279 g/mol. The lowest BCUT2D eigenvalue weighted by molar-refractivity contribution is -0.153. The molecule has 1 aromatic rings. The summed E-state index contributed by atoms with van der Waals surface area (Å²) in [5.74, 6) is 0.625. The minimum atomic E-state index is -0.769. The van der Waals surface area contributed by atoms with Gasteiger partial charge in [-0.15, -0.1) is 0 Å². The average Bonchev–Trinajstić information content (AvgIpc) is 2.45. The minimum Gasteiger partial charge on any atom is -0.481 e. The maximum absolute atomic E-state index is 11.6. The summed E-state index contributed by atoms with van der Waals surface area (Å²) < 4.78 is 5.27. The maximum atomic E-state index is 11.6. The second-order valence-corrected chi connectivity index (χ2v) is 5.20. The van der Waals surface area contributed by atoms with Gasteiger partial charge in [0.1, 0.15) is 11.6 Å². The van der Waals surface area contributed by atoms with Crippen LogP contribution in [0.3, 0.4) is 0 Å². The third kappa shape index (κ3) is 3.25. The fraction of sp³-hybridized carbons (Fsp3) is 0.643. The highest BCUT2D eigenvalue weighted by Crippen LogP contribution is 2.31. The van der Waals surface area contributed by atoms with Crippen molar-refractivity contribution in [3.05, 3.63) is 17.6 Å². The van der Waals surface area contributed by atoms with Crippen LogP contribution in [0.1, 0.15) is 31.3 Å². The van der Waals surface area contributed by atoms with Gasteiger partial charge >= 0.3 is 5.97 Å². The standard InChI is InChI=1S/C14H21N3O3/c1-3-11-8-12(17-10(2)16-11)15-9-14(13(18)19)4-6-20-7-5-14/h8H,3-7,9H2,1-2H3,(H,18,19)(H,15,16,17). The lowest BCUT2D eigenvalue weighted by Gasteiger charge is -2.33. The normalized spacial score (nSPS) is 17.7. The van der Waals surface area contributed by atoms with Crippen LogP contribution in [0.4, 0.5) is 5.82 Å². The molecule has 0 aliphatic carbocycles. The van der Waals surface area contributed by atoms with Gasteiger partial charge in [0.25, 0.3) is 0 Å². The molecule has 2 rings (SSSR count). The molecule has 1 aliphatic heterocycles. The summed E-state index contributed by atoms with van der Waals surface area (Å²) >= 11 is 0. The van der Waals surface area contributed by atoms with Gasteiger partial charge in [0.2, 0.25) is 0 Å². The van der Waals surface area contributed by atoms with Gasteiger partial charge < -0.3 is 15.2 Å². The molecule has 0 saturated carbocycles. The number of aryl methyl sites for hydroxylation is 2. The van der Waals surface area contributed by atoms with Gasteiger partial charge in [-0.2, -0.15) is 0 Å². The lowest BCUT2D eigenvalue weighted by Crippen LogP contribution is -2.42. The van der Waals surface area contributed by atoms with Gasteiger partial charge in [-0.3, -0.25) is 4.79 Å². The SMILES string of the molecule is CCc1cc(NCC2(C(=O)O)CCOCC2)nc(C)n1. The predicted octanol–water partition coefficient (Wildman–Crippen LogP) is 1.64. The molecular formula is C14H21N3O3. The Morgan fingerprint density at radius 3 is 2.75 bits per heavy atom. The van der Waals surface area contributed by atoms with Crippen LogP contribution < -0.4 is 5.32 Å². The Bertz CT molecular complexity index is 485. The van der Waals surface area contributed by atoms with Gasteiger partial charge in [-0.05, 0) is 26.2 Å². The van der Waals surface area contributed by atoms with Gasteiger partial charge in [-0.25, -0.2) is 9.97 Å². The molecule has 0 bridgehead atoms. The topological polar surface area (TPSA) is 84.3 Å². The first-order chi connectivity index (χ1) is 9.55. The highest BCUT2D eigenvalue weighted by molar-refractivity contribution is 5.75. The van der Waals surface area contributed by atoms with Gasteiger partial charge in [-0.1, -0.05) is 6.92 Å². The van der Waals surface area contributed by atoms with Crippen LogP contribution in [0.2, 0.25) is 0 Å². The second kappa shape index (κ2) is 6.17. The molecule has 2 heterocycles. The minimum absolute atomic E-state index is 0.366. The largest absolute Gasteiger partial charge is 0.481 e. The molecule has 1 aliphatic rings. The fourth-order valence-electron chi connectivity index (χ4n) is 2.39. The molecule has 0 radical (unpaired) electrons. The zero-order chi connectivity index (χ0) is 14.6. The highest BCUT2D eigenvalue weighted by atomic mass is 16.5. The number of aromatic nitrogens is 2. The Morgan fingerprint density at radius 2 is 2.15 bits per heavy atom. The summed E-state index contributed by atoms with van der Waals surface area (Å²) in [6, 6.07) is 1.88. The van der Waals surface area contributed by atoms with Crippen molar-refractivity contribution in [1.29, 1.82) is 0 Å². The van der Waals surface area contributed by atoms with E-state index in [1.807, 2.05) is 19.9 Å². The third-order valence-electron chi connectivity index (χ3n) is 3.76. The molecule has 0 unspecified atom stereocenters. The Balaban J connectivity index is 2.09. The van der Waals surface area contributed by atoms with E-state index in [1.54, 1.807) is 0 Å². The molecule has 0 amide bonds. The van der Waals surface area contributed by atoms with Crippen LogP contribution >= 0.6 is 0 Å². The van der Waals surface area contributed by atoms with Crippen LogP contribution in [0.25, 0.3) is 0 Å². The molecule has 6 heteroatoms. The van der Waals surface area contributed by atoms with Crippen molar-refractivity contribution in [3.63, 3.8) is 0 Å². The van der Waals surface area contributed by atoms with Crippen molar-refractivity contribution < 1.29 is 14.6 Å². The zero-order valence-corrected chi connectivity index (χ0v) is 12.0. The third-order valence-corrected chi connectivity index (χ3v) is 3.76. The molecule has 1 aromatic heterocycles. The van der Waals surface area contributed by atoms with E-state index in [0.717, 1.165) is 12.1 Å². The number of anilines is 1. The number of carbonyl (C=O) groups is 1. The highest BCUT2D eigenvalue weighted by Gasteiger charge is 2.40. The van der Waals surface area contributed by atoms with Crippen molar-refractivity contribution in [2.45, 2.75) is 33.1 Å². The summed E-state index contributed by atoms with van der Waals surface area (Å²) in [6.07, 6.45) is 1.88. The van der Waals surface area contributed by atoms with Crippen molar-refractivity contribution in [3.8, 4) is 0 Å². The molecule has 20 heavy (non-hydrogen) atoms. The number of hydrogen-bond donors (Lipinski definition) is 2. The van der Waals surface area contributed by atoms with E-state index in [0.29, 0.717) is 44.2 Å². The van der Waals surface area contributed by atoms with Gasteiger partial charge in [0.15, 0.2) is 0 Å². The van der Waals surface area contributed by atoms with E-state index in [4.69, 9.17) is 4.74 Å². The predicted molar refractivity (Wildman–Crippen MR) is 74.8 cm³/mol. The number of nitrogens with zero attached hydrogens (tertiary/aromatic N) is 2. The molecule has 0 spiro atoms. The quantitative estimate of drug-likeness (QED) is 0.852. The van der Waals surface area contributed by atoms with E-state index in [9.17, 15) is 9.90 Å². The smallest absolute Gasteiger partial charge is 0.311 e. The zero-order valence-electron chi connectivity index (χ0n) is 12.0. The summed E-state index contributed by atoms with van der Waals surface area (Å²) in [5, 5.41) is 12.7. The number of nitrogens with one attached hydrogen (secondary N) is 1. The number of aliphatic carboxylic acids is 1. The van der Waals surface area contributed by atoms with E-state index in [1.165, 1.54) is 0 Å². The van der Waals surface area contributed by atoms with E-state index >= 15 is 0 Å². The second-order valence-electron chi connectivity index (χ2n) is 5.20. The number of hydrogen-bond acceptors (Lipinski definition) is 5. The summed E-state index contributed by atoms with van der Waals surface area (Å²) in [7, 11) is 0. The summed E-state index contributed by atoms with van der Waals surface area (Å²) in [6.45, 7) is 5.23. The molecule has 0 aromatic carbocycles. The van der Waals surface area contributed by atoms with E-state index < -0.39 is 11.4 Å². The first kappa shape index (κ1) is 14.7. The molecule has 6 nitrogen and oxygen atoms in total. The molecule has 0 atom stereocenters. The first-order valence-corrected chi connectivity index (χ1v) is 6.95. The molecule has 1 fully saturated rings. The van der Waals surface area contributed by atoms with Crippen LogP contribution in [0.5, 0.6) is 0 Å². The fourth-order valence-corrected chi connectivity index (χ4v) is 2.39.